The fourth-order valence-electron chi connectivity index (χ4n) is 9.13. The van der Waals surface area contributed by atoms with Gasteiger partial charge in [-0.3, -0.25) is 0 Å². The summed E-state index contributed by atoms with van der Waals surface area (Å²) in [5.41, 5.74) is 5.56. The van der Waals surface area contributed by atoms with Crippen molar-refractivity contribution in [2.24, 2.45) is 10.9 Å². The third-order valence-corrected chi connectivity index (χ3v) is 17.6. The molecule has 14 nitrogen and oxygen atoms in total. The molecule has 2 atom stereocenters. The molecule has 352 valence electrons. The van der Waals surface area contributed by atoms with E-state index in [1.807, 2.05) is 13.8 Å². The number of aromatic nitrogens is 1. The molecule has 0 bridgehead atoms. The first-order valence-electron chi connectivity index (χ1n) is 21.7. The molecule has 0 saturated heterocycles. The zero-order chi connectivity index (χ0) is 49.1. The van der Waals surface area contributed by atoms with E-state index in [0.717, 1.165) is 22.3 Å². The Morgan fingerprint density at radius 3 is 1.23 bits per heavy atom. The first-order chi connectivity index (χ1) is 33.3. The second-order valence-electron chi connectivity index (χ2n) is 17.3. The lowest BCUT2D eigenvalue weighted by Gasteiger charge is -2.38. The molecule has 0 radical (unpaired) electrons. The van der Waals surface area contributed by atoms with Crippen molar-refractivity contribution in [3.63, 3.8) is 0 Å². The fourth-order valence-corrected chi connectivity index (χ4v) is 12.8. The Labute approximate surface area is 403 Å². The first-order valence-corrected chi connectivity index (χ1v) is 27.3. The minimum absolute atomic E-state index is 0.141. The summed E-state index contributed by atoms with van der Waals surface area (Å²) in [6.45, 7) is 7.23. The van der Waals surface area contributed by atoms with Gasteiger partial charge in [0.15, 0.2) is 0 Å². The van der Waals surface area contributed by atoms with Crippen LogP contribution in [0.25, 0.3) is 44.5 Å². The molecule has 3 aliphatic rings. The van der Waals surface area contributed by atoms with Crippen LogP contribution >= 0.6 is 0 Å². The molecule has 0 fully saturated rings. The largest absolute Gasteiger partial charge is 0.362 e. The van der Waals surface area contributed by atoms with E-state index in [9.17, 15) is 33.7 Å². The van der Waals surface area contributed by atoms with Crippen LogP contribution in [0, 0.1) is 33.6 Å². The number of hydrogen-bond acceptors (Lipinski definition) is 14. The lowest BCUT2D eigenvalue weighted by Crippen LogP contribution is -2.34. The maximum absolute atomic E-state index is 13.9. The highest BCUT2D eigenvalue weighted by molar-refractivity contribution is 7.88. The maximum Gasteiger partial charge on any atom is 0.340 e. The third-order valence-electron chi connectivity index (χ3n) is 12.6. The Kier molecular flexibility index (Phi) is 10.4. The van der Waals surface area contributed by atoms with Crippen molar-refractivity contribution in [2.75, 3.05) is 0 Å². The molecule has 1 aliphatic heterocycles. The average molecular weight is 1010 g/mol. The SMILES string of the molecule is Cc1ccc(S(=O)(=O)OC2=NC(OS(=O)(=O)c3ccc(C)cc3)=C3C=Cc4c5c(c6ccc7c(OS(=O)(=O)c8ccc(C)cc8)nc(OS(=O)(=O)c8ccc(C)cc8)c8ccc4c6c87)C=CC2C35)cc1. The third kappa shape index (κ3) is 7.58. The van der Waals surface area contributed by atoms with Gasteiger partial charge in [0.05, 0.1) is 5.92 Å². The van der Waals surface area contributed by atoms with Crippen molar-refractivity contribution in [3.8, 4) is 11.8 Å². The van der Waals surface area contributed by atoms with Gasteiger partial charge in [-0.1, -0.05) is 107 Å². The van der Waals surface area contributed by atoms with E-state index in [1.165, 1.54) is 48.5 Å². The summed E-state index contributed by atoms with van der Waals surface area (Å²) >= 11 is 0. The minimum Gasteiger partial charge on any atom is -0.362 e. The minimum atomic E-state index is -4.54. The average Bonchev–Trinajstić information content (AvgIpc) is 3.32. The van der Waals surface area contributed by atoms with Crippen LogP contribution in [0.15, 0.2) is 170 Å². The Balaban J connectivity index is 1.13. The van der Waals surface area contributed by atoms with E-state index in [1.54, 1.807) is 111 Å². The first kappa shape index (κ1) is 45.1. The summed E-state index contributed by atoms with van der Waals surface area (Å²) in [5, 5.41) is 2.65. The van der Waals surface area contributed by atoms with Crippen molar-refractivity contribution < 1.29 is 50.4 Å². The Bertz CT molecular complexity index is 4030. The molecular formula is C52H38N2O12S4. The van der Waals surface area contributed by atoms with Gasteiger partial charge < -0.3 is 16.7 Å². The number of fused-ring (bicyclic) bond motifs is 2. The number of pyridine rings is 1. The molecule has 2 aliphatic carbocycles. The highest BCUT2D eigenvalue weighted by atomic mass is 32.2. The highest BCUT2D eigenvalue weighted by Crippen LogP contribution is 2.55. The van der Waals surface area contributed by atoms with Gasteiger partial charge >= 0.3 is 40.5 Å². The second-order valence-corrected chi connectivity index (χ2v) is 23.5. The molecule has 11 rings (SSSR count). The standard InChI is InChI=1S/C52H38N2O12S4/c1-29-5-13-33(14-6-29)67(55,56)63-49-41-25-21-37-39-23-27-43-48-44(52(66-70(61,62)36-19-11-32(4)12-20-36)54-51(43)65-69(59,60)35-17-9-31(3)10-18-35)28-24-40(46(39)48)38-22-26-42(47(41)45(37)38)50(53-49)64-68(57,58)34-15-7-30(2)8-16-34/h5-28,41,47H,1-4H3. The summed E-state index contributed by atoms with van der Waals surface area (Å²) in [5.74, 6) is -3.26. The van der Waals surface area contributed by atoms with Crippen LogP contribution in [-0.2, 0) is 48.8 Å². The van der Waals surface area contributed by atoms with Gasteiger partial charge in [-0.25, -0.2) is 0 Å². The number of allylic oxidation sites excluding steroid dienone is 2. The zero-order valence-corrected chi connectivity index (χ0v) is 40.7. The van der Waals surface area contributed by atoms with Gasteiger partial charge in [-0.2, -0.15) is 43.6 Å². The Hall–Kier alpha value is -7.38. The predicted octanol–water partition coefficient (Wildman–Crippen LogP) is 9.94. The van der Waals surface area contributed by atoms with E-state index in [2.05, 4.69) is 9.98 Å². The topological polar surface area (TPSA) is 199 Å². The fraction of sp³-hybridized carbons (Fsp3) is 0.115. The number of aryl methyl sites for hydroxylation is 4. The van der Waals surface area contributed by atoms with Crippen molar-refractivity contribution in [2.45, 2.75) is 53.2 Å². The molecule has 0 spiro atoms. The number of hydrogen-bond donors (Lipinski definition) is 0. The number of rotatable bonds is 11. The molecule has 0 amide bonds. The molecular weight excluding hydrogens is 973 g/mol. The van der Waals surface area contributed by atoms with Crippen LogP contribution in [-0.4, -0.2) is 44.6 Å². The molecule has 2 unspecified atom stereocenters. The number of benzene rings is 7. The van der Waals surface area contributed by atoms with E-state index in [-0.39, 0.29) is 42.1 Å². The van der Waals surface area contributed by atoms with Crippen LogP contribution in [0.2, 0.25) is 0 Å². The second kappa shape index (κ2) is 16.1. The Morgan fingerprint density at radius 1 is 0.414 bits per heavy atom. The molecule has 18 heteroatoms. The van der Waals surface area contributed by atoms with Crippen molar-refractivity contribution in [1.29, 1.82) is 0 Å². The lowest BCUT2D eigenvalue weighted by atomic mass is 9.68. The summed E-state index contributed by atoms with van der Waals surface area (Å²) < 4.78 is 135. The quantitative estimate of drug-likeness (QED) is 0.0877. The molecule has 7 aromatic carbocycles. The summed E-state index contributed by atoms with van der Waals surface area (Å²) in [6, 6.07) is 30.9. The maximum atomic E-state index is 13.9. The van der Waals surface area contributed by atoms with Crippen LogP contribution in [0.3, 0.4) is 0 Å². The molecule has 2 heterocycles. The zero-order valence-electron chi connectivity index (χ0n) is 37.4. The normalized spacial score (nSPS) is 16.7. The van der Waals surface area contributed by atoms with E-state index < -0.39 is 64.1 Å². The summed E-state index contributed by atoms with van der Waals surface area (Å²) in [7, 11) is -18.1. The van der Waals surface area contributed by atoms with E-state index in [4.69, 9.17) is 16.7 Å². The van der Waals surface area contributed by atoms with Crippen LogP contribution in [0.5, 0.6) is 11.8 Å². The highest BCUT2D eigenvalue weighted by Gasteiger charge is 2.45. The molecule has 70 heavy (non-hydrogen) atoms. The van der Waals surface area contributed by atoms with E-state index in [0.29, 0.717) is 43.8 Å². The molecule has 0 N–H and O–H groups in total. The van der Waals surface area contributed by atoms with Crippen molar-refractivity contribution >= 4 is 90.8 Å². The van der Waals surface area contributed by atoms with Gasteiger partial charge in [0.1, 0.15) is 19.6 Å². The summed E-state index contributed by atoms with van der Waals surface area (Å²) in [6.07, 6.45) is 6.97. The molecule has 8 aromatic rings. The Morgan fingerprint density at radius 2 is 0.786 bits per heavy atom. The molecule has 1 aromatic heterocycles. The predicted molar refractivity (Wildman–Crippen MR) is 264 cm³/mol. The molecule has 0 saturated carbocycles. The van der Waals surface area contributed by atoms with E-state index >= 15 is 0 Å². The van der Waals surface area contributed by atoms with Gasteiger partial charge in [0, 0.05) is 27.6 Å². The van der Waals surface area contributed by atoms with Gasteiger partial charge in [-0.05, 0) is 121 Å². The van der Waals surface area contributed by atoms with Crippen molar-refractivity contribution in [1.82, 2.24) is 4.98 Å². The van der Waals surface area contributed by atoms with Gasteiger partial charge in [0.25, 0.3) is 0 Å². The van der Waals surface area contributed by atoms with Crippen LogP contribution < -0.4 is 8.37 Å². The van der Waals surface area contributed by atoms with Gasteiger partial charge in [0.2, 0.25) is 23.5 Å². The monoisotopic (exact) mass is 1010 g/mol. The van der Waals surface area contributed by atoms with Crippen LogP contribution in [0.4, 0.5) is 0 Å². The number of aliphatic imine (C=N–C) groups is 1. The smallest absolute Gasteiger partial charge is 0.340 e. The number of nitrogens with zero attached hydrogens (tertiary/aromatic N) is 2. The van der Waals surface area contributed by atoms with Crippen LogP contribution in [0.1, 0.15) is 44.9 Å². The summed E-state index contributed by atoms with van der Waals surface area (Å²) in [4.78, 5) is 8.36. The lowest BCUT2D eigenvalue weighted by molar-refractivity contribution is 0.377. The van der Waals surface area contributed by atoms with Crippen molar-refractivity contribution in [3.05, 3.63) is 184 Å². The van der Waals surface area contributed by atoms with Gasteiger partial charge in [-0.15, -0.1) is 0 Å².